The van der Waals surface area contributed by atoms with Crippen LogP contribution in [-0.4, -0.2) is 39.8 Å². The molecule has 184 valence electrons. The first-order chi connectivity index (χ1) is 17.6. The van der Waals surface area contributed by atoms with Crippen LogP contribution in [0.2, 0.25) is 0 Å². The van der Waals surface area contributed by atoms with Gasteiger partial charge in [0, 0.05) is 41.0 Å². The van der Waals surface area contributed by atoms with E-state index >= 15 is 0 Å². The van der Waals surface area contributed by atoms with Crippen LogP contribution in [0.1, 0.15) is 56.2 Å². The number of pyridine rings is 1. The summed E-state index contributed by atoms with van der Waals surface area (Å²) < 4.78 is 8.52. The quantitative estimate of drug-likeness (QED) is 0.570. The Labute approximate surface area is 210 Å². The molecule has 1 atom stereocenters. The zero-order valence-electron chi connectivity index (χ0n) is 20.5. The van der Waals surface area contributed by atoms with Gasteiger partial charge in [-0.05, 0) is 82.8 Å². The van der Waals surface area contributed by atoms with Crippen LogP contribution < -0.4 is 15.0 Å². The second kappa shape index (κ2) is 9.40. The average Bonchev–Trinajstić information content (AvgIpc) is 3.66. The minimum atomic E-state index is 0.131. The number of carbonyl (C=O) groups excluding carboxylic acids is 1. The van der Waals surface area contributed by atoms with E-state index in [1.54, 1.807) is 18.3 Å². The van der Waals surface area contributed by atoms with Crippen molar-refractivity contribution >= 4 is 11.6 Å². The molecular formula is C28H30N6O2. The molecule has 0 spiro atoms. The van der Waals surface area contributed by atoms with E-state index < -0.39 is 0 Å². The van der Waals surface area contributed by atoms with Crippen molar-refractivity contribution in [2.45, 2.75) is 57.5 Å². The highest BCUT2D eigenvalue weighted by atomic mass is 16.5. The Hall–Kier alpha value is -3.70. The lowest BCUT2D eigenvalue weighted by Crippen LogP contribution is -2.43. The number of ether oxygens (including phenoxy) is 1. The number of piperidine rings is 1. The van der Waals surface area contributed by atoms with Gasteiger partial charge in [0.2, 0.25) is 11.8 Å². The first-order valence-electron chi connectivity index (χ1n) is 12.9. The van der Waals surface area contributed by atoms with E-state index in [-0.39, 0.29) is 23.7 Å². The smallest absolute Gasteiger partial charge is 0.237 e. The molecule has 3 aromatic rings. The summed E-state index contributed by atoms with van der Waals surface area (Å²) in [5.74, 6) is 1.27. The lowest BCUT2D eigenvalue weighted by Gasteiger charge is -2.36. The van der Waals surface area contributed by atoms with E-state index in [2.05, 4.69) is 40.2 Å². The SMILES string of the molecule is CC1CCc2c(ccc(-c3cnn(C4CCNCC4)c3)c2Oc2ncccc2C#N)N1C(=O)C1CC1. The number of carbonyl (C=O) groups is 1. The maximum absolute atomic E-state index is 13.2. The van der Waals surface area contributed by atoms with Crippen molar-refractivity contribution in [3.8, 4) is 28.8 Å². The molecule has 0 bridgehead atoms. The maximum atomic E-state index is 13.2. The van der Waals surface area contributed by atoms with Crippen molar-refractivity contribution in [1.29, 1.82) is 5.26 Å². The zero-order valence-corrected chi connectivity index (χ0v) is 20.5. The third-order valence-corrected chi connectivity index (χ3v) is 7.60. The number of nitrogens with zero attached hydrogens (tertiary/aromatic N) is 5. The lowest BCUT2D eigenvalue weighted by molar-refractivity contribution is -0.120. The summed E-state index contributed by atoms with van der Waals surface area (Å²) >= 11 is 0. The number of fused-ring (bicyclic) bond motifs is 1. The largest absolute Gasteiger partial charge is 0.437 e. The summed E-state index contributed by atoms with van der Waals surface area (Å²) in [6, 6.07) is 10.2. The minimum Gasteiger partial charge on any atom is -0.437 e. The Bertz CT molecular complexity index is 1330. The van der Waals surface area contributed by atoms with Crippen molar-refractivity contribution < 1.29 is 9.53 Å². The normalized spacial score (nSPS) is 20.0. The number of nitrogens with one attached hydrogen (secondary N) is 1. The van der Waals surface area contributed by atoms with Crippen LogP contribution in [0.15, 0.2) is 42.9 Å². The number of aromatic nitrogens is 3. The molecule has 1 aliphatic carbocycles. The highest BCUT2D eigenvalue weighted by Gasteiger charge is 2.39. The van der Waals surface area contributed by atoms with Crippen LogP contribution in [0.3, 0.4) is 0 Å². The van der Waals surface area contributed by atoms with E-state index in [1.165, 1.54) is 0 Å². The highest BCUT2D eigenvalue weighted by molar-refractivity contribution is 5.99. The topological polar surface area (TPSA) is 96.1 Å². The Morgan fingerprint density at radius 3 is 2.78 bits per heavy atom. The third-order valence-electron chi connectivity index (χ3n) is 7.60. The van der Waals surface area contributed by atoms with Crippen LogP contribution in [-0.2, 0) is 11.2 Å². The van der Waals surface area contributed by atoms with Crippen molar-refractivity contribution in [2.75, 3.05) is 18.0 Å². The molecular weight excluding hydrogens is 452 g/mol. The first-order valence-corrected chi connectivity index (χ1v) is 12.9. The monoisotopic (exact) mass is 482 g/mol. The zero-order chi connectivity index (χ0) is 24.6. The molecule has 1 aromatic carbocycles. The van der Waals surface area contributed by atoms with Crippen LogP contribution in [0.5, 0.6) is 11.6 Å². The number of rotatable bonds is 5. The molecule has 3 aliphatic rings. The fourth-order valence-corrected chi connectivity index (χ4v) is 5.41. The predicted octanol–water partition coefficient (Wildman–Crippen LogP) is 4.61. The van der Waals surface area contributed by atoms with Gasteiger partial charge in [-0.25, -0.2) is 4.98 Å². The number of amides is 1. The van der Waals surface area contributed by atoms with Gasteiger partial charge in [-0.2, -0.15) is 10.4 Å². The van der Waals surface area contributed by atoms with Gasteiger partial charge >= 0.3 is 0 Å². The van der Waals surface area contributed by atoms with Crippen molar-refractivity contribution in [2.24, 2.45) is 5.92 Å². The van der Waals surface area contributed by atoms with Crippen LogP contribution in [0.25, 0.3) is 11.1 Å². The van der Waals surface area contributed by atoms with Gasteiger partial charge in [0.1, 0.15) is 17.4 Å². The molecule has 2 aromatic heterocycles. The van der Waals surface area contributed by atoms with E-state index in [0.717, 1.165) is 74.0 Å². The summed E-state index contributed by atoms with van der Waals surface area (Å²) in [5, 5.41) is 17.7. The van der Waals surface area contributed by atoms with Gasteiger partial charge in [0.25, 0.3) is 0 Å². The van der Waals surface area contributed by atoms with E-state index in [1.807, 2.05) is 17.2 Å². The predicted molar refractivity (Wildman–Crippen MR) is 136 cm³/mol. The molecule has 1 saturated heterocycles. The van der Waals surface area contributed by atoms with Gasteiger partial charge in [0.05, 0.1) is 17.9 Å². The van der Waals surface area contributed by atoms with Crippen LogP contribution >= 0.6 is 0 Å². The second-order valence-corrected chi connectivity index (χ2v) is 10.1. The molecule has 8 heteroatoms. The fraction of sp³-hybridized carbons (Fsp3) is 0.429. The van der Waals surface area contributed by atoms with Gasteiger partial charge in [-0.1, -0.05) is 0 Å². The van der Waals surface area contributed by atoms with Gasteiger partial charge < -0.3 is 15.0 Å². The number of benzene rings is 1. The molecule has 0 radical (unpaired) electrons. The molecule has 2 fully saturated rings. The van der Waals surface area contributed by atoms with Crippen molar-refractivity contribution in [3.63, 3.8) is 0 Å². The Morgan fingerprint density at radius 1 is 1.17 bits per heavy atom. The average molecular weight is 483 g/mol. The van der Waals surface area contributed by atoms with Gasteiger partial charge in [-0.3, -0.25) is 9.48 Å². The number of nitriles is 1. The van der Waals surface area contributed by atoms with Gasteiger partial charge in [0.15, 0.2) is 0 Å². The molecule has 8 nitrogen and oxygen atoms in total. The molecule has 36 heavy (non-hydrogen) atoms. The number of anilines is 1. The Kier molecular flexibility index (Phi) is 5.94. The Balaban J connectivity index is 1.46. The van der Waals surface area contributed by atoms with Crippen molar-refractivity contribution in [1.82, 2.24) is 20.1 Å². The Morgan fingerprint density at radius 2 is 2.00 bits per heavy atom. The van der Waals surface area contributed by atoms with Gasteiger partial charge in [-0.15, -0.1) is 0 Å². The summed E-state index contributed by atoms with van der Waals surface area (Å²) in [6.45, 7) is 4.10. The highest BCUT2D eigenvalue weighted by Crippen LogP contribution is 2.46. The van der Waals surface area contributed by atoms with Crippen LogP contribution in [0.4, 0.5) is 5.69 Å². The number of hydrogen-bond donors (Lipinski definition) is 1. The summed E-state index contributed by atoms with van der Waals surface area (Å²) in [4.78, 5) is 19.6. The fourth-order valence-electron chi connectivity index (χ4n) is 5.41. The van der Waals surface area contributed by atoms with E-state index in [0.29, 0.717) is 17.4 Å². The number of hydrogen-bond acceptors (Lipinski definition) is 6. The first kappa shape index (κ1) is 22.7. The van der Waals surface area contributed by atoms with Crippen molar-refractivity contribution in [3.05, 3.63) is 54.0 Å². The summed E-state index contributed by atoms with van der Waals surface area (Å²) in [6.07, 6.45) is 11.3. The second-order valence-electron chi connectivity index (χ2n) is 10.1. The molecule has 2 aliphatic heterocycles. The maximum Gasteiger partial charge on any atom is 0.237 e. The molecule has 6 rings (SSSR count). The minimum absolute atomic E-state index is 0.131. The van der Waals surface area contributed by atoms with E-state index in [9.17, 15) is 10.1 Å². The third kappa shape index (κ3) is 4.14. The molecule has 4 heterocycles. The lowest BCUT2D eigenvalue weighted by atomic mass is 9.92. The van der Waals surface area contributed by atoms with Crippen LogP contribution in [0, 0.1) is 17.2 Å². The summed E-state index contributed by atoms with van der Waals surface area (Å²) in [5.41, 5.74) is 4.13. The standard InChI is InChI=1S/C28H30N6O2/c1-18-4-7-24-25(34(18)28(35)19-5-6-19)9-8-23(26(24)36-27-20(15-29)3-2-12-31-27)21-16-32-33(17-21)22-10-13-30-14-11-22/h2-3,8-9,12,16-19,22,30H,4-7,10-11,13-14H2,1H3. The molecule has 1 N–H and O–H groups in total. The van der Waals surface area contributed by atoms with E-state index in [4.69, 9.17) is 9.84 Å². The molecule has 1 amide bonds. The molecule has 1 unspecified atom stereocenters. The molecule has 1 saturated carbocycles. The summed E-state index contributed by atoms with van der Waals surface area (Å²) in [7, 11) is 0.